The van der Waals surface area contributed by atoms with Gasteiger partial charge in [-0.2, -0.15) is 10.1 Å². The van der Waals surface area contributed by atoms with E-state index in [4.69, 9.17) is 10.3 Å². The van der Waals surface area contributed by atoms with Gasteiger partial charge in [-0.05, 0) is 18.2 Å². The summed E-state index contributed by atoms with van der Waals surface area (Å²) in [6.07, 6.45) is 3.40. The lowest BCUT2D eigenvalue weighted by atomic mass is 10.2. The number of nitrogens with zero attached hydrogens (tertiary/aromatic N) is 4. The van der Waals surface area contributed by atoms with Crippen LogP contribution in [-0.2, 0) is 7.05 Å². The van der Waals surface area contributed by atoms with Gasteiger partial charge in [0.2, 0.25) is 5.82 Å². The van der Waals surface area contributed by atoms with Gasteiger partial charge in [-0.3, -0.25) is 4.68 Å². The van der Waals surface area contributed by atoms with Crippen LogP contribution in [0.4, 0.5) is 10.1 Å². The number of nitrogens with two attached hydrogens (primary N) is 1. The summed E-state index contributed by atoms with van der Waals surface area (Å²) < 4.78 is 19.9. The Bertz CT molecular complexity index is 733. The molecule has 19 heavy (non-hydrogen) atoms. The lowest BCUT2D eigenvalue weighted by molar-refractivity contribution is 0.432. The summed E-state index contributed by atoms with van der Waals surface area (Å²) >= 11 is 0. The summed E-state index contributed by atoms with van der Waals surface area (Å²) in [4.78, 5) is 4.23. The highest BCUT2D eigenvalue weighted by Gasteiger charge is 2.12. The molecule has 2 heterocycles. The van der Waals surface area contributed by atoms with Gasteiger partial charge in [0, 0.05) is 18.8 Å². The predicted octanol–water partition coefficient (Wildman–Crippen LogP) is 1.86. The molecule has 2 N–H and O–H groups in total. The number of hydrogen-bond acceptors (Lipinski definition) is 5. The second-order valence-electron chi connectivity index (χ2n) is 4.06. The Morgan fingerprint density at radius 3 is 2.84 bits per heavy atom. The number of nitrogen functional groups attached to an aromatic ring is 1. The van der Waals surface area contributed by atoms with Gasteiger partial charge in [0.25, 0.3) is 5.89 Å². The van der Waals surface area contributed by atoms with Gasteiger partial charge in [-0.1, -0.05) is 5.16 Å². The summed E-state index contributed by atoms with van der Waals surface area (Å²) in [5.41, 5.74) is 6.86. The highest BCUT2D eigenvalue weighted by Crippen LogP contribution is 2.24. The van der Waals surface area contributed by atoms with Crippen LogP contribution in [0.2, 0.25) is 0 Å². The van der Waals surface area contributed by atoms with Crippen LogP contribution in [0.5, 0.6) is 0 Å². The van der Waals surface area contributed by atoms with Gasteiger partial charge < -0.3 is 10.3 Å². The molecule has 0 unspecified atom stereocenters. The van der Waals surface area contributed by atoms with Crippen molar-refractivity contribution in [3.05, 3.63) is 36.4 Å². The molecule has 1 aromatic carbocycles. The fourth-order valence-corrected chi connectivity index (χ4v) is 1.67. The van der Waals surface area contributed by atoms with Crippen LogP contribution in [0, 0.1) is 5.82 Å². The van der Waals surface area contributed by atoms with Crippen molar-refractivity contribution in [1.29, 1.82) is 0 Å². The Labute approximate surface area is 107 Å². The number of anilines is 1. The van der Waals surface area contributed by atoms with Crippen molar-refractivity contribution < 1.29 is 8.91 Å². The molecule has 0 radical (unpaired) electrons. The number of rotatable bonds is 2. The Kier molecular flexibility index (Phi) is 2.52. The van der Waals surface area contributed by atoms with Crippen LogP contribution in [0.25, 0.3) is 22.8 Å². The van der Waals surface area contributed by atoms with Gasteiger partial charge in [-0.15, -0.1) is 0 Å². The molecule has 96 valence electrons. The van der Waals surface area contributed by atoms with E-state index in [9.17, 15) is 4.39 Å². The number of aromatic nitrogens is 4. The largest absolute Gasteiger partial charge is 0.396 e. The molecule has 0 saturated carbocycles. The lowest BCUT2D eigenvalue weighted by Gasteiger charge is -1.97. The maximum absolute atomic E-state index is 13.1. The maximum atomic E-state index is 13.1. The van der Waals surface area contributed by atoms with E-state index in [0.29, 0.717) is 11.4 Å². The molecule has 3 rings (SSSR count). The highest BCUT2D eigenvalue weighted by atomic mass is 19.1. The van der Waals surface area contributed by atoms with E-state index < -0.39 is 5.82 Å². The fourth-order valence-electron chi connectivity index (χ4n) is 1.67. The summed E-state index contributed by atoms with van der Waals surface area (Å²) in [7, 11) is 1.80. The van der Waals surface area contributed by atoms with Gasteiger partial charge in [0.15, 0.2) is 0 Å². The van der Waals surface area contributed by atoms with Gasteiger partial charge in [-0.25, -0.2) is 4.39 Å². The third kappa shape index (κ3) is 2.05. The number of benzene rings is 1. The smallest absolute Gasteiger partial charge is 0.258 e. The first-order valence-electron chi connectivity index (χ1n) is 5.51. The van der Waals surface area contributed by atoms with Crippen molar-refractivity contribution >= 4 is 5.69 Å². The summed E-state index contributed by atoms with van der Waals surface area (Å²) in [6, 6.07) is 4.25. The summed E-state index contributed by atoms with van der Waals surface area (Å²) in [5, 5.41) is 7.88. The zero-order valence-corrected chi connectivity index (χ0v) is 10.0. The minimum absolute atomic E-state index is 0.0404. The SMILES string of the molecule is Cn1cc(-c2noc(-c3ccc(F)c(N)c3)n2)cn1. The molecule has 0 aliphatic rings. The van der Waals surface area contributed by atoms with Crippen LogP contribution >= 0.6 is 0 Å². The number of halogens is 1. The summed E-state index contributed by atoms with van der Waals surface area (Å²) in [5.74, 6) is 0.229. The Morgan fingerprint density at radius 1 is 1.32 bits per heavy atom. The van der Waals surface area contributed by atoms with E-state index in [2.05, 4.69) is 15.2 Å². The topological polar surface area (TPSA) is 82.8 Å². The van der Waals surface area contributed by atoms with Gasteiger partial charge in [0.1, 0.15) is 5.82 Å². The zero-order valence-electron chi connectivity index (χ0n) is 10.0. The average Bonchev–Trinajstić information content (AvgIpc) is 3.01. The van der Waals surface area contributed by atoms with E-state index in [0.717, 1.165) is 5.56 Å². The quantitative estimate of drug-likeness (QED) is 0.710. The Balaban J connectivity index is 1.98. The molecule has 6 nitrogen and oxygen atoms in total. The molecular formula is C12H10FN5O. The van der Waals surface area contributed by atoms with E-state index in [-0.39, 0.29) is 11.6 Å². The van der Waals surface area contributed by atoms with Crippen molar-refractivity contribution in [2.24, 2.45) is 7.05 Å². The molecule has 0 atom stereocenters. The molecule has 0 saturated heterocycles. The van der Waals surface area contributed by atoms with Gasteiger partial charge >= 0.3 is 0 Å². The van der Waals surface area contributed by atoms with Crippen LogP contribution < -0.4 is 5.73 Å². The Morgan fingerprint density at radius 2 is 2.16 bits per heavy atom. The molecule has 3 aromatic rings. The third-order valence-electron chi connectivity index (χ3n) is 2.63. The standard InChI is InChI=1S/C12H10FN5O/c1-18-6-8(5-15-18)11-16-12(19-17-11)7-2-3-9(13)10(14)4-7/h2-6H,14H2,1H3. The Hall–Kier alpha value is -2.70. The van der Waals surface area contributed by atoms with Crippen molar-refractivity contribution in [2.75, 3.05) is 5.73 Å². The van der Waals surface area contributed by atoms with Crippen molar-refractivity contribution in [1.82, 2.24) is 19.9 Å². The highest BCUT2D eigenvalue weighted by molar-refractivity contribution is 5.62. The minimum atomic E-state index is -0.476. The first kappa shape index (κ1) is 11.4. The molecule has 0 bridgehead atoms. The maximum Gasteiger partial charge on any atom is 0.258 e. The number of hydrogen-bond donors (Lipinski definition) is 1. The second-order valence-corrected chi connectivity index (χ2v) is 4.06. The monoisotopic (exact) mass is 259 g/mol. The molecule has 0 spiro atoms. The zero-order chi connectivity index (χ0) is 13.4. The molecule has 7 heteroatoms. The van der Waals surface area contributed by atoms with E-state index in [1.807, 2.05) is 0 Å². The van der Waals surface area contributed by atoms with E-state index >= 15 is 0 Å². The van der Waals surface area contributed by atoms with Gasteiger partial charge in [0.05, 0.1) is 17.4 Å². The predicted molar refractivity (Wildman–Crippen MR) is 66.3 cm³/mol. The number of aryl methyl sites for hydroxylation is 1. The van der Waals surface area contributed by atoms with E-state index in [1.54, 1.807) is 24.1 Å². The lowest BCUT2D eigenvalue weighted by Crippen LogP contribution is -1.90. The second kappa shape index (κ2) is 4.20. The molecule has 0 aliphatic carbocycles. The molecule has 0 amide bonds. The first-order chi connectivity index (χ1) is 9.13. The first-order valence-corrected chi connectivity index (χ1v) is 5.51. The van der Waals surface area contributed by atoms with E-state index in [1.165, 1.54) is 18.2 Å². The molecule has 2 aromatic heterocycles. The molecule has 0 aliphatic heterocycles. The fraction of sp³-hybridized carbons (Fsp3) is 0.0833. The molecular weight excluding hydrogens is 249 g/mol. The van der Waals surface area contributed by atoms with Crippen LogP contribution in [-0.4, -0.2) is 19.9 Å². The summed E-state index contributed by atoms with van der Waals surface area (Å²) in [6.45, 7) is 0. The third-order valence-corrected chi connectivity index (χ3v) is 2.63. The van der Waals surface area contributed by atoms with Crippen LogP contribution in [0.3, 0.4) is 0 Å². The average molecular weight is 259 g/mol. The van der Waals surface area contributed by atoms with Crippen molar-refractivity contribution in [2.45, 2.75) is 0 Å². The van der Waals surface area contributed by atoms with Crippen LogP contribution in [0.1, 0.15) is 0 Å². The van der Waals surface area contributed by atoms with Crippen molar-refractivity contribution in [3.8, 4) is 22.8 Å². The normalized spacial score (nSPS) is 10.8. The van der Waals surface area contributed by atoms with Crippen molar-refractivity contribution in [3.63, 3.8) is 0 Å². The van der Waals surface area contributed by atoms with Crippen LogP contribution in [0.15, 0.2) is 35.1 Å². The minimum Gasteiger partial charge on any atom is -0.396 e. The molecule has 0 fully saturated rings.